The van der Waals surface area contributed by atoms with Crippen molar-refractivity contribution in [2.45, 2.75) is 33.4 Å². The van der Waals surface area contributed by atoms with E-state index in [-0.39, 0.29) is 0 Å². The molecule has 0 fully saturated rings. The van der Waals surface area contributed by atoms with E-state index in [1.807, 2.05) is 12.1 Å². The van der Waals surface area contributed by atoms with Crippen LogP contribution in [-0.4, -0.2) is 0 Å². The molecule has 5 aromatic carbocycles. The number of halogens is 1. The van der Waals surface area contributed by atoms with Crippen molar-refractivity contribution in [1.29, 1.82) is 0 Å². The van der Waals surface area contributed by atoms with E-state index in [9.17, 15) is 0 Å². The van der Waals surface area contributed by atoms with Crippen LogP contribution in [0.5, 0.6) is 0 Å². The van der Waals surface area contributed by atoms with Gasteiger partial charge in [-0.15, -0.1) is 10.0 Å². The molecule has 34 heavy (non-hydrogen) atoms. The van der Waals surface area contributed by atoms with Gasteiger partial charge in [0.05, 0.1) is 0 Å². The Morgan fingerprint density at radius 2 is 1.03 bits per heavy atom. The lowest BCUT2D eigenvalue weighted by molar-refractivity contribution is 1.26. The summed E-state index contributed by atoms with van der Waals surface area (Å²) in [7, 11) is -1.66. The van der Waals surface area contributed by atoms with E-state index in [1.165, 1.54) is 41.8 Å². The smallest absolute Gasteiger partial charge is 0.0484 e. The Labute approximate surface area is 208 Å². The first-order valence-electron chi connectivity index (χ1n) is 11.5. The number of hydrogen-bond acceptors (Lipinski definition) is 0. The molecular formula is C32H25ClS. The molecule has 0 aliphatic carbocycles. The Morgan fingerprint density at radius 3 is 1.65 bits per heavy atom. The lowest BCUT2D eigenvalue weighted by Crippen LogP contribution is -2.02. The van der Waals surface area contributed by atoms with Crippen LogP contribution in [0.3, 0.4) is 0 Å². The second-order valence-electron chi connectivity index (χ2n) is 8.93. The molecule has 166 valence electrons. The maximum atomic E-state index is 6.65. The molecule has 0 spiro atoms. The molecule has 1 aliphatic heterocycles. The van der Waals surface area contributed by atoms with Crippen molar-refractivity contribution in [1.82, 2.24) is 0 Å². The molecule has 0 atom stereocenters. The van der Waals surface area contributed by atoms with Crippen molar-refractivity contribution in [3.63, 3.8) is 0 Å². The summed E-state index contributed by atoms with van der Waals surface area (Å²) in [6, 6.07) is 42.3. The van der Waals surface area contributed by atoms with E-state index < -0.39 is 10.0 Å². The van der Waals surface area contributed by atoms with E-state index in [0.29, 0.717) is 0 Å². The van der Waals surface area contributed by atoms with Crippen molar-refractivity contribution in [2.75, 3.05) is 0 Å². The van der Waals surface area contributed by atoms with Crippen molar-refractivity contribution in [3.8, 4) is 22.3 Å². The van der Waals surface area contributed by atoms with E-state index in [2.05, 4.69) is 117 Å². The summed E-state index contributed by atoms with van der Waals surface area (Å²) in [5.74, 6) is 0. The fourth-order valence-electron chi connectivity index (χ4n) is 5.06. The van der Waals surface area contributed by atoms with Crippen molar-refractivity contribution in [2.24, 2.45) is 0 Å². The first-order valence-corrected chi connectivity index (χ1v) is 13.6. The summed E-state index contributed by atoms with van der Waals surface area (Å²) in [5, 5.41) is 0.782. The lowest BCUT2D eigenvalue weighted by Gasteiger charge is -2.39. The molecule has 0 saturated carbocycles. The quantitative estimate of drug-likeness (QED) is 0.238. The third-order valence-corrected chi connectivity index (χ3v) is 11.1. The second kappa shape index (κ2) is 8.20. The number of fused-ring (bicyclic) bond motifs is 3. The van der Waals surface area contributed by atoms with E-state index >= 15 is 0 Å². The maximum absolute atomic E-state index is 6.65. The molecular weight excluding hydrogens is 452 g/mol. The predicted molar refractivity (Wildman–Crippen MR) is 145 cm³/mol. The van der Waals surface area contributed by atoms with Crippen LogP contribution in [0.15, 0.2) is 135 Å². The summed E-state index contributed by atoms with van der Waals surface area (Å²) in [6.45, 7) is 4.31. The van der Waals surface area contributed by atoms with Crippen LogP contribution >= 0.6 is 21.6 Å². The SMILES string of the molecule is Cc1ccc(S2(c3ccc(C)cc3)c3ccccc3-c3ccc(-c4ccccc4Cl)cc32)cc1. The monoisotopic (exact) mass is 476 g/mol. The van der Waals surface area contributed by atoms with Gasteiger partial charge < -0.3 is 0 Å². The highest BCUT2D eigenvalue weighted by Gasteiger charge is 2.42. The fourth-order valence-corrected chi connectivity index (χ4v) is 9.52. The Kier molecular flexibility index (Phi) is 5.13. The first-order chi connectivity index (χ1) is 16.6. The summed E-state index contributed by atoms with van der Waals surface area (Å²) >= 11 is 6.65. The standard InChI is InChI=1S/C32H25ClS/c1-22-11-16-25(17-12-22)34(26-18-13-23(2)14-19-26)31-10-6-4-8-28(31)29-20-15-24(21-32(29)34)27-7-3-5-9-30(27)33/h3-21H,1-2H3. The molecule has 0 nitrogen and oxygen atoms in total. The predicted octanol–water partition coefficient (Wildman–Crippen LogP) is 9.95. The molecule has 0 amide bonds. The Hall–Kier alpha value is -3.26. The molecule has 5 aromatic rings. The van der Waals surface area contributed by atoms with Gasteiger partial charge in [0, 0.05) is 30.2 Å². The van der Waals surface area contributed by atoms with Crippen molar-refractivity contribution >= 4 is 21.6 Å². The molecule has 1 heterocycles. The minimum atomic E-state index is -1.66. The van der Waals surface area contributed by atoms with Crippen LogP contribution in [0.25, 0.3) is 22.3 Å². The van der Waals surface area contributed by atoms with Gasteiger partial charge in [-0.2, -0.15) is 0 Å². The largest absolute Gasteiger partial charge is 0.132 e. The molecule has 0 unspecified atom stereocenters. The molecule has 0 bridgehead atoms. The van der Waals surface area contributed by atoms with Crippen molar-refractivity contribution < 1.29 is 0 Å². The highest BCUT2D eigenvalue weighted by atomic mass is 35.5. The van der Waals surface area contributed by atoms with Gasteiger partial charge in [-0.25, -0.2) is 0 Å². The van der Waals surface area contributed by atoms with Gasteiger partial charge >= 0.3 is 0 Å². The van der Waals surface area contributed by atoms with E-state index in [4.69, 9.17) is 11.6 Å². The van der Waals surface area contributed by atoms with Crippen LogP contribution in [0.4, 0.5) is 0 Å². The Balaban J connectivity index is 1.74. The molecule has 0 saturated heterocycles. The highest BCUT2D eigenvalue weighted by molar-refractivity contribution is 8.34. The third-order valence-electron chi connectivity index (χ3n) is 6.75. The average Bonchev–Trinajstić information content (AvgIpc) is 3.16. The van der Waals surface area contributed by atoms with Gasteiger partial charge in [0.1, 0.15) is 0 Å². The van der Waals surface area contributed by atoms with Gasteiger partial charge in [-0.05, 0) is 73.0 Å². The van der Waals surface area contributed by atoms with Gasteiger partial charge in [0.2, 0.25) is 0 Å². The van der Waals surface area contributed by atoms with Crippen LogP contribution in [0.2, 0.25) is 5.02 Å². The molecule has 1 aliphatic rings. The molecule has 2 heteroatoms. The number of rotatable bonds is 3. The van der Waals surface area contributed by atoms with E-state index in [0.717, 1.165) is 16.1 Å². The molecule has 0 N–H and O–H groups in total. The molecule has 0 radical (unpaired) electrons. The van der Waals surface area contributed by atoms with Gasteiger partial charge in [0.15, 0.2) is 0 Å². The lowest BCUT2D eigenvalue weighted by atomic mass is 10.0. The number of aryl methyl sites for hydroxylation is 2. The van der Waals surface area contributed by atoms with Crippen LogP contribution in [0, 0.1) is 13.8 Å². The van der Waals surface area contributed by atoms with Gasteiger partial charge in [-0.3, -0.25) is 0 Å². The third kappa shape index (κ3) is 3.15. The summed E-state index contributed by atoms with van der Waals surface area (Å²) in [5.41, 5.74) is 7.44. The highest BCUT2D eigenvalue weighted by Crippen LogP contribution is 2.80. The summed E-state index contributed by atoms with van der Waals surface area (Å²) in [6.07, 6.45) is 0. The number of hydrogen-bond donors (Lipinski definition) is 0. The molecule has 6 rings (SSSR count). The van der Waals surface area contributed by atoms with Gasteiger partial charge in [0.25, 0.3) is 0 Å². The fraction of sp³-hybridized carbons (Fsp3) is 0.0625. The minimum absolute atomic E-state index is 0.782. The van der Waals surface area contributed by atoms with Crippen molar-refractivity contribution in [3.05, 3.63) is 131 Å². The van der Waals surface area contributed by atoms with Crippen LogP contribution < -0.4 is 0 Å². The zero-order valence-electron chi connectivity index (χ0n) is 19.3. The topological polar surface area (TPSA) is 0 Å². The zero-order chi connectivity index (χ0) is 23.3. The molecule has 0 aromatic heterocycles. The van der Waals surface area contributed by atoms with Crippen LogP contribution in [0.1, 0.15) is 11.1 Å². The van der Waals surface area contributed by atoms with E-state index in [1.54, 1.807) is 0 Å². The van der Waals surface area contributed by atoms with Crippen LogP contribution in [-0.2, 0) is 0 Å². The zero-order valence-corrected chi connectivity index (χ0v) is 20.8. The Morgan fingerprint density at radius 1 is 0.500 bits per heavy atom. The number of benzene rings is 5. The second-order valence-corrected chi connectivity index (χ2v) is 12.4. The summed E-state index contributed by atoms with van der Waals surface area (Å²) < 4.78 is 0. The first kappa shape index (κ1) is 21.3. The maximum Gasteiger partial charge on any atom is 0.0484 e. The normalized spacial score (nSPS) is 14.3. The van der Waals surface area contributed by atoms with Gasteiger partial charge in [-0.1, -0.05) is 95.5 Å². The minimum Gasteiger partial charge on any atom is -0.132 e. The Bertz CT molecular complexity index is 1470. The average molecular weight is 477 g/mol. The summed E-state index contributed by atoms with van der Waals surface area (Å²) in [4.78, 5) is 5.53.